The van der Waals surface area contributed by atoms with E-state index < -0.39 is 44.8 Å². The first-order valence-electron chi connectivity index (χ1n) is 7.77. The fourth-order valence-corrected chi connectivity index (χ4v) is 2100. The maximum absolute atomic E-state index is 12.7. The normalized spacial score (nSPS) is 12.8. The van der Waals surface area contributed by atoms with E-state index in [1.165, 1.54) is 12.1 Å². The summed E-state index contributed by atoms with van der Waals surface area (Å²) in [6, 6.07) is 7.35. The molecule has 0 saturated heterocycles. The first-order chi connectivity index (χ1) is 17.5. The number of amides is 1. The number of halogens is 19. The first-order valence-corrected chi connectivity index (χ1v) is 103. The molecule has 2 rings (SSSR count). The van der Waals surface area contributed by atoms with Crippen molar-refractivity contribution in [3.8, 4) is 17.6 Å². The molecule has 0 bridgehead atoms. The third-order valence-electron chi connectivity index (χ3n) is 2.87. The van der Waals surface area contributed by atoms with Gasteiger partial charge < -0.3 is 15.9 Å². The molecule has 0 saturated carbocycles. The number of carbonyl (C=O) groups excluding carboxylic acids is 1. The van der Waals surface area contributed by atoms with Crippen LogP contribution in [0, 0.1) is 23.0 Å². The van der Waals surface area contributed by atoms with Crippen LogP contribution in [0.3, 0.4) is 0 Å². The van der Waals surface area contributed by atoms with Crippen LogP contribution in [0.25, 0.3) is 0 Å². The Morgan fingerprint density at radius 3 is 1.61 bits per heavy atom. The van der Waals surface area contributed by atoms with Gasteiger partial charge in [-0.2, -0.15) is 5.26 Å². The number of nitriles is 1. The molecule has 38 heavy (non-hydrogen) atoms. The molecule has 5 nitrogen and oxygen atoms in total. The van der Waals surface area contributed by atoms with Crippen molar-refractivity contribution in [2.24, 2.45) is 5.73 Å². The molecule has 0 aliphatic heterocycles. The van der Waals surface area contributed by atoms with E-state index in [4.69, 9.17) is 21.2 Å². The van der Waals surface area contributed by atoms with Crippen LogP contribution in [0.2, 0.25) is 0 Å². The van der Waals surface area contributed by atoms with E-state index in [0.29, 0.717) is 0 Å². The fraction of sp³-hybridized carbons (Fsp3) is 0. The monoisotopic (exact) mass is 2400 g/mol. The Kier molecular flexibility index (Phi) is 32.0. The number of benzene rings is 2. The zero-order valence-corrected chi connectivity index (χ0v) is 53.0. The molecule has 0 aliphatic rings. The molecule has 0 heterocycles. The predicted octanol–water partition coefficient (Wildman–Crippen LogP) is 17.0. The van der Waals surface area contributed by atoms with Gasteiger partial charge in [-0.3, -0.25) is 4.79 Å². The van der Waals surface area contributed by atoms with Gasteiger partial charge in [-0.05, 0) is 46.3 Å². The minimum absolute atomic E-state index is 0.0113. The molecule has 0 radical (unpaired) electrons. The molecular weight excluding hydrogens is 2390 g/mol. The van der Waals surface area contributed by atoms with E-state index in [9.17, 15) is 13.6 Å². The quantitative estimate of drug-likeness (QED) is 0.240. The molecule has 0 unspecified atom stereocenters. The summed E-state index contributed by atoms with van der Waals surface area (Å²) >= 11 is 29.5. The molecule has 2 aromatic carbocycles. The summed E-state index contributed by atoms with van der Waals surface area (Å²) in [4.78, 5) is 10.6. The minimum Gasteiger partial charge on any atom is -0.505 e. The number of nitrogens with zero attached hydrogens (tertiary/aromatic N) is 1. The van der Waals surface area contributed by atoms with E-state index in [0.717, 1.165) is 18.2 Å². The summed E-state index contributed by atoms with van der Waals surface area (Å²) < 4.78 is 25.2. The van der Waals surface area contributed by atoms with Gasteiger partial charge in [0.15, 0.2) is 23.1 Å². The number of hydrogen-bond donors (Lipinski definition) is 3. The van der Waals surface area contributed by atoms with Gasteiger partial charge in [0.05, 0.1) is 16.1 Å². The fourth-order valence-electron chi connectivity index (χ4n) is 1.44. The maximum atomic E-state index is 12.7. The van der Waals surface area contributed by atoms with E-state index in [1.807, 2.05) is 0 Å². The number of hydrogen-bond acceptors (Lipinski definition) is 4. The van der Waals surface area contributed by atoms with Crippen molar-refractivity contribution < 1.29 is 23.8 Å². The Morgan fingerprint density at radius 1 is 0.816 bits per heavy atom. The van der Waals surface area contributed by atoms with Crippen LogP contribution in [0.15, 0.2) is 34.8 Å². The summed E-state index contributed by atoms with van der Waals surface area (Å²) in [5.74, 6) is -3.34. The third kappa shape index (κ3) is 18.9. The second kappa shape index (κ2) is 25.9. The van der Waals surface area contributed by atoms with Gasteiger partial charge in [-0.1, -0.05) is 0 Å². The van der Waals surface area contributed by atoms with Gasteiger partial charge in [-0.25, -0.2) is 8.78 Å². The van der Waals surface area contributed by atoms with Gasteiger partial charge in [0, 0.05) is 5.56 Å². The Balaban J connectivity index is 0.000000555. The van der Waals surface area contributed by atoms with Crippen LogP contribution in [-0.4, -0.2) is 16.1 Å². The summed E-state index contributed by atoms with van der Waals surface area (Å²) in [5, 5.41) is 25.8. The molecule has 4 N–H and O–H groups in total. The molecule has 0 fully saturated rings. The number of phenolic OH excluding ortho intramolecular Hbond substituents is 2. The number of carbonyl (C=O) groups is 1. The van der Waals surface area contributed by atoms with Crippen molar-refractivity contribution in [3.05, 3.63) is 57.6 Å². The Labute approximate surface area is 341 Å². The number of primary amides is 1. The van der Waals surface area contributed by atoms with Gasteiger partial charge in [0.2, 0.25) is 5.91 Å². The second-order valence-corrected chi connectivity index (χ2v) is 347. The van der Waals surface area contributed by atoms with Crippen LogP contribution in [0.1, 0.15) is 15.9 Å². The van der Waals surface area contributed by atoms with Crippen molar-refractivity contribution in [2.75, 3.05) is 0 Å². The first kappa shape index (κ1) is 47.0. The molecule has 0 atom stereocenters. The minimum atomic E-state index is -0.877. The smallest absolute Gasteiger partial charge is 0.248 e. The van der Waals surface area contributed by atoms with E-state index >= 15 is 0 Å². The number of nitrogens with two attached hydrogens (primary N) is 1. The largest absolute Gasteiger partial charge is 0.505 e. The van der Waals surface area contributed by atoms with E-state index in [-0.39, 0.29) is 55.1 Å². The van der Waals surface area contributed by atoms with Crippen LogP contribution >= 0.6 is 239 Å². The van der Waals surface area contributed by atoms with Gasteiger partial charge in [0.25, 0.3) is 0 Å². The van der Waals surface area contributed by atoms with Gasteiger partial charge in [-0.15, -0.1) is 0 Å². The van der Waals surface area contributed by atoms with Crippen molar-refractivity contribution in [3.63, 3.8) is 0 Å². The molecule has 0 spiro atoms. The predicted molar refractivity (Wildman–Crippen MR) is 301 cm³/mol. The Bertz CT molecular complexity index is 1070. The summed E-state index contributed by atoms with van der Waals surface area (Å²) in [6.45, 7) is 0. The Hall–Kier alpha value is 9.02. The standard InChI is InChI=1S/C7H5BrFNO2.C7H4FNO.I16/c8-4-1-3(7(10)12)2-5(9)6(4)11;8-6-3-5(4-9)1-2-7(6)10;1-10(2)12(5)14(7)16(9)15(8)13(6)11(3)4/h1-2,11H,(H2,10,12);1-3,10H;. The number of rotatable bonds is 7. The molecule has 0 aromatic heterocycles. The van der Waals surface area contributed by atoms with Crippen LogP contribution in [0.5, 0.6) is 11.5 Å². The molecular formula is C14H9BrF2I16N2O3. The van der Waals surface area contributed by atoms with E-state index in [2.05, 4.69) is 183 Å². The summed E-state index contributed by atoms with van der Waals surface area (Å²) in [6.07, 6.45) is 0. The molecule has 2 aromatic rings. The van der Waals surface area contributed by atoms with Crippen LogP contribution in [0.4, 0.5) is 8.78 Å². The molecule has 24 heteroatoms. The maximum Gasteiger partial charge on any atom is 0.248 e. The van der Waals surface area contributed by atoms with Crippen molar-refractivity contribution in [1.29, 1.82) is 5.26 Å². The molecule has 0 aliphatic carbocycles. The van der Waals surface area contributed by atoms with Crippen LogP contribution in [-0.2, 0) is 0 Å². The molecule has 1 amide bonds. The van der Waals surface area contributed by atoms with Crippen molar-refractivity contribution >= 4 is 245 Å². The molecule has 226 valence electrons. The van der Waals surface area contributed by atoms with Crippen LogP contribution < -0.4 is 5.73 Å². The van der Waals surface area contributed by atoms with Gasteiger partial charge >= 0.3 is 223 Å². The van der Waals surface area contributed by atoms with E-state index in [1.54, 1.807) is 6.07 Å². The average molecular weight is 2400 g/mol. The van der Waals surface area contributed by atoms with Crippen molar-refractivity contribution in [1.82, 2.24) is 0 Å². The number of aromatic hydroxyl groups is 2. The summed E-state index contributed by atoms with van der Waals surface area (Å²) in [5.41, 5.74) is 5.11. The zero-order chi connectivity index (χ0) is 29.9. The number of phenols is 2. The second-order valence-electron chi connectivity index (χ2n) is 5.06. The SMILES string of the molecule is II(I)I(I)I(I)I(I)I(I)I(I)I(I)I.N#Cc1ccc(O)c(F)c1.NC(=O)c1cc(F)c(O)c(Br)c1. The average Bonchev–Trinajstić information content (AvgIpc) is 2.86. The Morgan fingerprint density at radius 2 is 1.26 bits per heavy atom. The summed E-state index contributed by atoms with van der Waals surface area (Å²) in [7, 11) is -2.63. The third-order valence-corrected chi connectivity index (χ3v) is 995. The van der Waals surface area contributed by atoms with Crippen molar-refractivity contribution in [2.45, 2.75) is 0 Å². The zero-order valence-electron chi connectivity index (χ0n) is 16.9. The topological polar surface area (TPSA) is 107 Å². The van der Waals surface area contributed by atoms with Gasteiger partial charge in [0.1, 0.15) is 0 Å².